The average molecular weight is 300 g/mol. The van der Waals surface area contributed by atoms with Gasteiger partial charge < -0.3 is 0 Å². The van der Waals surface area contributed by atoms with E-state index in [4.69, 9.17) is 5.84 Å². The van der Waals surface area contributed by atoms with Crippen molar-refractivity contribution >= 4 is 5.91 Å². The molecule has 0 saturated carbocycles. The molecule has 1 amide bonds. The van der Waals surface area contributed by atoms with Gasteiger partial charge in [0.15, 0.2) is 5.69 Å². The Bertz CT molecular complexity index is 720. The molecule has 1 aromatic heterocycles. The fourth-order valence-electron chi connectivity index (χ4n) is 2.22. The van der Waals surface area contributed by atoms with Gasteiger partial charge in [-0.15, -0.1) is 0 Å². The molecule has 3 N–H and O–H groups in total. The predicted octanol–water partition coefficient (Wildman–Crippen LogP) is 1.49. The predicted molar refractivity (Wildman–Crippen MR) is 84.8 cm³/mol. The van der Waals surface area contributed by atoms with E-state index in [0.29, 0.717) is 5.69 Å². The number of aryl methyl sites for hydroxylation is 2. The molecular formula is C16H20N4O2. The second-order valence-electron chi connectivity index (χ2n) is 5.15. The van der Waals surface area contributed by atoms with Crippen LogP contribution in [-0.4, -0.2) is 15.7 Å². The van der Waals surface area contributed by atoms with Crippen LogP contribution in [0.4, 0.5) is 0 Å². The molecule has 6 heteroatoms. The topological polar surface area (TPSA) is 90.0 Å². The molecule has 0 saturated heterocycles. The number of benzene rings is 1. The highest BCUT2D eigenvalue weighted by atomic mass is 16.2. The van der Waals surface area contributed by atoms with E-state index in [1.165, 1.54) is 11.6 Å². The Morgan fingerprint density at radius 2 is 2.00 bits per heavy atom. The molecule has 0 bridgehead atoms. The summed E-state index contributed by atoms with van der Waals surface area (Å²) in [6.07, 6.45) is 3.34. The summed E-state index contributed by atoms with van der Waals surface area (Å²) in [6.45, 7) is 3.93. The zero-order valence-electron chi connectivity index (χ0n) is 12.8. The van der Waals surface area contributed by atoms with E-state index in [-0.39, 0.29) is 5.69 Å². The van der Waals surface area contributed by atoms with Gasteiger partial charge in [0.05, 0.1) is 5.69 Å². The smallest absolute Gasteiger partial charge is 0.289 e. The highest BCUT2D eigenvalue weighted by molar-refractivity contribution is 5.91. The average Bonchev–Trinajstić information content (AvgIpc) is 2.53. The normalized spacial score (nSPS) is 10.5. The van der Waals surface area contributed by atoms with Gasteiger partial charge in [0.25, 0.3) is 5.91 Å². The number of nitrogen functional groups attached to an aromatic ring is 1. The molecule has 0 radical (unpaired) electrons. The molecule has 2 rings (SSSR count). The van der Waals surface area contributed by atoms with Gasteiger partial charge >= 0.3 is 0 Å². The van der Waals surface area contributed by atoms with Crippen molar-refractivity contribution in [3.8, 4) is 5.69 Å². The zero-order chi connectivity index (χ0) is 16.1. The first-order chi connectivity index (χ1) is 10.6. The van der Waals surface area contributed by atoms with Crippen molar-refractivity contribution in [2.75, 3.05) is 0 Å². The number of hydrogen-bond donors (Lipinski definition) is 2. The molecular weight excluding hydrogens is 280 g/mol. The number of nitrogens with zero attached hydrogens (tertiary/aromatic N) is 2. The van der Waals surface area contributed by atoms with Crippen molar-refractivity contribution in [1.82, 2.24) is 15.2 Å². The SMILES string of the molecule is CCCCc1ccc(-n2nc(C(=O)NN)c(=O)cc2C)cc1. The summed E-state index contributed by atoms with van der Waals surface area (Å²) in [6, 6.07) is 9.31. The van der Waals surface area contributed by atoms with Gasteiger partial charge in [0.1, 0.15) is 0 Å². The fraction of sp³-hybridized carbons (Fsp3) is 0.312. The minimum Gasteiger partial charge on any atom is -0.289 e. The maximum atomic E-state index is 11.8. The van der Waals surface area contributed by atoms with E-state index < -0.39 is 11.3 Å². The molecule has 0 fully saturated rings. The maximum absolute atomic E-state index is 11.8. The van der Waals surface area contributed by atoms with Gasteiger partial charge in [0, 0.05) is 11.8 Å². The van der Waals surface area contributed by atoms with Gasteiger partial charge in [-0.05, 0) is 37.5 Å². The molecule has 116 valence electrons. The molecule has 22 heavy (non-hydrogen) atoms. The lowest BCUT2D eigenvalue weighted by Crippen LogP contribution is -2.36. The van der Waals surface area contributed by atoms with Crippen LogP contribution in [-0.2, 0) is 6.42 Å². The van der Waals surface area contributed by atoms with Crippen LogP contribution in [0, 0.1) is 6.92 Å². The lowest BCUT2D eigenvalue weighted by Gasteiger charge is -2.11. The minimum absolute atomic E-state index is 0.219. The first-order valence-electron chi connectivity index (χ1n) is 7.28. The van der Waals surface area contributed by atoms with Gasteiger partial charge in [-0.2, -0.15) is 5.10 Å². The Morgan fingerprint density at radius 3 is 2.59 bits per heavy atom. The summed E-state index contributed by atoms with van der Waals surface area (Å²) in [5.74, 6) is 4.38. The number of hydrazine groups is 1. The molecule has 0 aliphatic heterocycles. The number of carbonyl (C=O) groups is 1. The number of nitrogens with two attached hydrogens (primary N) is 1. The van der Waals surface area contributed by atoms with E-state index in [0.717, 1.165) is 24.9 Å². The molecule has 0 spiro atoms. The molecule has 0 atom stereocenters. The van der Waals surface area contributed by atoms with Crippen molar-refractivity contribution < 1.29 is 4.79 Å². The van der Waals surface area contributed by atoms with Crippen LogP contribution in [0.25, 0.3) is 5.69 Å². The largest absolute Gasteiger partial charge is 0.289 e. The highest BCUT2D eigenvalue weighted by Crippen LogP contribution is 2.12. The summed E-state index contributed by atoms with van der Waals surface area (Å²) in [4.78, 5) is 23.4. The van der Waals surface area contributed by atoms with E-state index in [9.17, 15) is 9.59 Å². The third-order valence-corrected chi connectivity index (χ3v) is 3.45. The van der Waals surface area contributed by atoms with Crippen LogP contribution in [0.5, 0.6) is 0 Å². The van der Waals surface area contributed by atoms with E-state index in [1.54, 1.807) is 11.6 Å². The van der Waals surface area contributed by atoms with Gasteiger partial charge in [-0.25, -0.2) is 10.5 Å². The van der Waals surface area contributed by atoms with Crippen molar-refractivity contribution in [2.45, 2.75) is 33.1 Å². The first-order valence-corrected chi connectivity index (χ1v) is 7.28. The molecule has 2 aromatic rings. The standard InChI is InChI=1S/C16H20N4O2/c1-3-4-5-12-6-8-13(9-7-12)20-11(2)10-14(21)15(19-20)16(22)18-17/h6-10H,3-5,17H2,1-2H3,(H,18,22). The number of rotatable bonds is 5. The number of carbonyl (C=O) groups excluding carboxylic acids is 1. The quantitative estimate of drug-likeness (QED) is 0.497. The number of aromatic nitrogens is 2. The lowest BCUT2D eigenvalue weighted by molar-refractivity contribution is 0.0945. The van der Waals surface area contributed by atoms with Crippen LogP contribution in [0.1, 0.15) is 41.5 Å². The molecule has 0 unspecified atom stereocenters. The van der Waals surface area contributed by atoms with Gasteiger partial charge in [-0.3, -0.25) is 15.0 Å². The highest BCUT2D eigenvalue weighted by Gasteiger charge is 2.14. The van der Waals surface area contributed by atoms with Crippen molar-refractivity contribution in [3.63, 3.8) is 0 Å². The number of nitrogens with one attached hydrogen (secondary N) is 1. The van der Waals surface area contributed by atoms with E-state index >= 15 is 0 Å². The molecule has 1 aromatic carbocycles. The second-order valence-corrected chi connectivity index (χ2v) is 5.15. The molecule has 0 aliphatic rings. The Labute approximate surface area is 128 Å². The van der Waals surface area contributed by atoms with Crippen molar-refractivity contribution in [3.05, 3.63) is 57.5 Å². The summed E-state index contributed by atoms with van der Waals surface area (Å²) >= 11 is 0. The number of amides is 1. The van der Waals surface area contributed by atoms with Crippen molar-refractivity contribution in [1.29, 1.82) is 0 Å². The third kappa shape index (κ3) is 3.40. The Hall–Kier alpha value is -2.47. The Balaban J connectivity index is 2.39. The molecule has 6 nitrogen and oxygen atoms in total. The number of unbranched alkanes of at least 4 members (excludes halogenated alkanes) is 1. The Morgan fingerprint density at radius 1 is 1.32 bits per heavy atom. The fourth-order valence-corrected chi connectivity index (χ4v) is 2.22. The van der Waals surface area contributed by atoms with E-state index in [2.05, 4.69) is 12.0 Å². The van der Waals surface area contributed by atoms with Gasteiger partial charge in [0.2, 0.25) is 5.43 Å². The molecule has 0 aliphatic carbocycles. The van der Waals surface area contributed by atoms with Crippen LogP contribution in [0.3, 0.4) is 0 Å². The van der Waals surface area contributed by atoms with Crippen LogP contribution >= 0.6 is 0 Å². The summed E-state index contributed by atoms with van der Waals surface area (Å²) in [7, 11) is 0. The maximum Gasteiger partial charge on any atom is 0.289 e. The lowest BCUT2D eigenvalue weighted by atomic mass is 10.1. The Kier molecular flexibility index (Phi) is 5.06. The first kappa shape index (κ1) is 15.9. The van der Waals surface area contributed by atoms with Crippen molar-refractivity contribution in [2.24, 2.45) is 5.84 Å². The zero-order valence-corrected chi connectivity index (χ0v) is 12.8. The monoisotopic (exact) mass is 300 g/mol. The van der Waals surface area contributed by atoms with Crippen LogP contribution in [0.2, 0.25) is 0 Å². The minimum atomic E-state index is -0.696. The third-order valence-electron chi connectivity index (χ3n) is 3.45. The summed E-state index contributed by atoms with van der Waals surface area (Å²) in [5.41, 5.74) is 3.97. The van der Waals surface area contributed by atoms with E-state index in [1.807, 2.05) is 29.7 Å². The number of hydrogen-bond acceptors (Lipinski definition) is 4. The molecule has 1 heterocycles. The summed E-state index contributed by atoms with van der Waals surface area (Å²) in [5, 5.41) is 4.12. The van der Waals surface area contributed by atoms with Crippen LogP contribution in [0.15, 0.2) is 35.1 Å². The van der Waals surface area contributed by atoms with Crippen LogP contribution < -0.4 is 16.7 Å². The second kappa shape index (κ2) is 7.00. The summed E-state index contributed by atoms with van der Waals surface area (Å²) < 4.78 is 1.57. The van der Waals surface area contributed by atoms with Gasteiger partial charge in [-0.1, -0.05) is 25.5 Å².